The summed E-state index contributed by atoms with van der Waals surface area (Å²) in [6.45, 7) is 0. The van der Waals surface area contributed by atoms with E-state index in [1.807, 2.05) is 48.7 Å². The van der Waals surface area contributed by atoms with Crippen LogP contribution >= 0.6 is 11.8 Å². The Bertz CT molecular complexity index is 528. The Hall–Kier alpha value is -1.94. The number of hydrogen-bond donors (Lipinski definition) is 1. The van der Waals surface area contributed by atoms with Crippen LogP contribution in [0.3, 0.4) is 0 Å². The Labute approximate surface area is 110 Å². The molecule has 1 N–H and O–H groups in total. The number of anilines is 1. The molecule has 0 aliphatic carbocycles. The summed E-state index contributed by atoms with van der Waals surface area (Å²) in [4.78, 5) is 12.7. The Morgan fingerprint density at radius 3 is 2.61 bits per heavy atom. The van der Waals surface area contributed by atoms with Crippen LogP contribution in [0.4, 0.5) is 10.5 Å². The Kier molecular flexibility index (Phi) is 4.25. The van der Waals surface area contributed by atoms with Gasteiger partial charge in [-0.25, -0.2) is 4.79 Å². The third-order valence-electron chi connectivity index (χ3n) is 2.27. The molecule has 92 valence electrons. The lowest BCUT2D eigenvalue weighted by molar-refractivity contribution is 0.215. The van der Waals surface area contributed by atoms with Crippen molar-refractivity contribution in [3.8, 4) is 5.75 Å². The second-order valence-corrected chi connectivity index (χ2v) is 4.44. The van der Waals surface area contributed by atoms with Crippen molar-refractivity contribution < 1.29 is 9.53 Å². The fourth-order valence-electron chi connectivity index (χ4n) is 1.44. The molecule has 1 amide bonds. The van der Waals surface area contributed by atoms with Crippen molar-refractivity contribution in [2.24, 2.45) is 0 Å². The van der Waals surface area contributed by atoms with Crippen molar-refractivity contribution in [1.29, 1.82) is 0 Å². The van der Waals surface area contributed by atoms with Crippen LogP contribution in [0, 0.1) is 0 Å². The predicted molar refractivity (Wildman–Crippen MR) is 74.3 cm³/mol. The highest BCUT2D eigenvalue weighted by atomic mass is 32.2. The van der Waals surface area contributed by atoms with E-state index in [0.717, 1.165) is 10.6 Å². The van der Waals surface area contributed by atoms with Crippen LogP contribution in [0.15, 0.2) is 59.5 Å². The summed E-state index contributed by atoms with van der Waals surface area (Å²) >= 11 is 1.62. The molecule has 0 radical (unpaired) electrons. The van der Waals surface area contributed by atoms with E-state index in [1.54, 1.807) is 23.9 Å². The topological polar surface area (TPSA) is 38.3 Å². The van der Waals surface area contributed by atoms with Gasteiger partial charge in [0.1, 0.15) is 5.75 Å². The fraction of sp³-hybridized carbons (Fsp3) is 0.0714. The number of nitrogens with one attached hydrogen (secondary N) is 1. The molecule has 0 saturated carbocycles. The number of carbonyl (C=O) groups excluding carboxylic acids is 1. The van der Waals surface area contributed by atoms with Crippen molar-refractivity contribution in [1.82, 2.24) is 0 Å². The Morgan fingerprint density at radius 2 is 1.89 bits per heavy atom. The molecule has 0 aliphatic rings. The van der Waals surface area contributed by atoms with Crippen LogP contribution in [-0.2, 0) is 0 Å². The minimum Gasteiger partial charge on any atom is -0.410 e. The minimum atomic E-state index is -0.487. The lowest BCUT2D eigenvalue weighted by Crippen LogP contribution is -2.16. The third-order valence-corrected chi connectivity index (χ3v) is 3.00. The van der Waals surface area contributed by atoms with Crippen LogP contribution in [0.5, 0.6) is 5.75 Å². The molecular weight excluding hydrogens is 246 g/mol. The standard InChI is InChI=1S/C14H13NO2S/c1-18-13-9-5-6-11(10-13)15-14(16)17-12-7-3-2-4-8-12/h2-10H,1H3,(H,15,16). The van der Waals surface area contributed by atoms with Gasteiger partial charge >= 0.3 is 6.09 Å². The second-order valence-electron chi connectivity index (χ2n) is 3.56. The monoisotopic (exact) mass is 259 g/mol. The number of carbonyl (C=O) groups is 1. The van der Waals surface area contributed by atoms with E-state index in [0.29, 0.717) is 5.75 Å². The SMILES string of the molecule is CSc1cccc(NC(=O)Oc2ccccc2)c1. The molecule has 0 atom stereocenters. The molecule has 0 aliphatic heterocycles. The first kappa shape index (κ1) is 12.5. The van der Waals surface area contributed by atoms with Crippen molar-refractivity contribution in [3.05, 3.63) is 54.6 Å². The largest absolute Gasteiger partial charge is 0.417 e. The van der Waals surface area contributed by atoms with Gasteiger partial charge in [0, 0.05) is 10.6 Å². The normalized spacial score (nSPS) is 9.83. The third kappa shape index (κ3) is 3.53. The van der Waals surface area contributed by atoms with E-state index >= 15 is 0 Å². The molecule has 0 bridgehead atoms. The molecule has 0 heterocycles. The smallest absolute Gasteiger partial charge is 0.410 e. The van der Waals surface area contributed by atoms with E-state index in [1.165, 1.54) is 0 Å². The average molecular weight is 259 g/mol. The molecular formula is C14H13NO2S. The summed E-state index contributed by atoms with van der Waals surface area (Å²) in [6.07, 6.45) is 1.50. The predicted octanol–water partition coefficient (Wildman–Crippen LogP) is 4.02. The maximum atomic E-state index is 11.6. The van der Waals surface area contributed by atoms with E-state index < -0.39 is 6.09 Å². The zero-order valence-corrected chi connectivity index (χ0v) is 10.7. The molecule has 3 nitrogen and oxygen atoms in total. The summed E-state index contributed by atoms with van der Waals surface area (Å²) in [5.41, 5.74) is 0.725. The van der Waals surface area contributed by atoms with E-state index in [-0.39, 0.29) is 0 Å². The van der Waals surface area contributed by atoms with Gasteiger partial charge in [-0.1, -0.05) is 24.3 Å². The van der Waals surface area contributed by atoms with Crippen LogP contribution in [0.25, 0.3) is 0 Å². The number of amides is 1. The molecule has 0 spiro atoms. The van der Waals surface area contributed by atoms with E-state index in [9.17, 15) is 4.79 Å². The summed E-state index contributed by atoms with van der Waals surface area (Å²) in [5.74, 6) is 0.524. The summed E-state index contributed by atoms with van der Waals surface area (Å²) in [7, 11) is 0. The van der Waals surface area contributed by atoms with Gasteiger partial charge in [-0.2, -0.15) is 0 Å². The zero-order chi connectivity index (χ0) is 12.8. The molecule has 18 heavy (non-hydrogen) atoms. The molecule has 2 rings (SSSR count). The zero-order valence-electron chi connectivity index (χ0n) is 9.92. The fourth-order valence-corrected chi connectivity index (χ4v) is 1.90. The summed E-state index contributed by atoms with van der Waals surface area (Å²) in [5, 5.41) is 2.69. The average Bonchev–Trinajstić information content (AvgIpc) is 2.40. The maximum absolute atomic E-state index is 11.6. The molecule has 0 saturated heterocycles. The van der Waals surface area contributed by atoms with Crippen LogP contribution in [0.2, 0.25) is 0 Å². The Balaban J connectivity index is 1.99. The van der Waals surface area contributed by atoms with Gasteiger partial charge in [0.15, 0.2) is 0 Å². The highest BCUT2D eigenvalue weighted by molar-refractivity contribution is 7.98. The van der Waals surface area contributed by atoms with Gasteiger partial charge in [0.25, 0.3) is 0 Å². The van der Waals surface area contributed by atoms with Gasteiger partial charge in [-0.15, -0.1) is 11.8 Å². The van der Waals surface area contributed by atoms with Gasteiger partial charge < -0.3 is 4.74 Å². The minimum absolute atomic E-state index is 0.487. The lowest BCUT2D eigenvalue weighted by atomic mass is 10.3. The molecule has 0 unspecified atom stereocenters. The molecule has 4 heteroatoms. The number of ether oxygens (including phenoxy) is 1. The Morgan fingerprint density at radius 1 is 1.11 bits per heavy atom. The van der Waals surface area contributed by atoms with Gasteiger partial charge in [-0.3, -0.25) is 5.32 Å². The van der Waals surface area contributed by atoms with E-state index in [2.05, 4.69) is 5.32 Å². The molecule has 0 fully saturated rings. The first-order valence-electron chi connectivity index (χ1n) is 5.46. The van der Waals surface area contributed by atoms with Gasteiger partial charge in [0.05, 0.1) is 0 Å². The summed E-state index contributed by atoms with van der Waals surface area (Å²) in [6, 6.07) is 16.6. The van der Waals surface area contributed by atoms with Crippen molar-refractivity contribution in [2.45, 2.75) is 4.90 Å². The highest BCUT2D eigenvalue weighted by Gasteiger charge is 2.04. The number of benzene rings is 2. The van der Waals surface area contributed by atoms with Crippen molar-refractivity contribution >= 4 is 23.5 Å². The maximum Gasteiger partial charge on any atom is 0.417 e. The second kappa shape index (κ2) is 6.12. The molecule has 2 aromatic carbocycles. The van der Waals surface area contributed by atoms with Gasteiger partial charge in [-0.05, 0) is 36.6 Å². The van der Waals surface area contributed by atoms with Crippen LogP contribution in [-0.4, -0.2) is 12.3 Å². The van der Waals surface area contributed by atoms with Crippen molar-refractivity contribution in [3.63, 3.8) is 0 Å². The van der Waals surface area contributed by atoms with Crippen LogP contribution in [0.1, 0.15) is 0 Å². The van der Waals surface area contributed by atoms with Crippen LogP contribution < -0.4 is 10.1 Å². The lowest BCUT2D eigenvalue weighted by Gasteiger charge is -2.07. The molecule has 2 aromatic rings. The van der Waals surface area contributed by atoms with Gasteiger partial charge in [0.2, 0.25) is 0 Å². The number of hydrogen-bond acceptors (Lipinski definition) is 3. The number of para-hydroxylation sites is 1. The first-order valence-corrected chi connectivity index (χ1v) is 6.68. The molecule has 0 aromatic heterocycles. The number of thioether (sulfide) groups is 1. The highest BCUT2D eigenvalue weighted by Crippen LogP contribution is 2.19. The van der Waals surface area contributed by atoms with Crippen molar-refractivity contribution in [2.75, 3.05) is 11.6 Å². The van der Waals surface area contributed by atoms with E-state index in [4.69, 9.17) is 4.74 Å². The number of rotatable bonds is 3. The quantitative estimate of drug-likeness (QED) is 0.846. The summed E-state index contributed by atoms with van der Waals surface area (Å²) < 4.78 is 5.13. The first-order chi connectivity index (χ1) is 8.78.